The summed E-state index contributed by atoms with van der Waals surface area (Å²) in [7, 11) is 1.42. The number of hydrogen-bond donors (Lipinski definition) is 2. The van der Waals surface area contributed by atoms with E-state index in [4.69, 9.17) is 4.74 Å². The summed E-state index contributed by atoms with van der Waals surface area (Å²) in [5, 5.41) is 13.3. The number of benzene rings is 1. The van der Waals surface area contributed by atoms with Gasteiger partial charge >= 0.3 is 5.97 Å². The van der Waals surface area contributed by atoms with Gasteiger partial charge in [-0.05, 0) is 36.0 Å². The molecule has 0 fully saturated rings. The fourth-order valence-corrected chi connectivity index (χ4v) is 2.85. The molecule has 0 aliphatic heterocycles. The molecular weight excluding hydrogens is 254 g/mol. The quantitative estimate of drug-likeness (QED) is 0.812. The molecule has 0 saturated carbocycles. The van der Waals surface area contributed by atoms with Gasteiger partial charge in [-0.3, -0.25) is 10.1 Å². The van der Waals surface area contributed by atoms with E-state index in [2.05, 4.69) is 12.2 Å². The molecule has 0 bridgehead atoms. The van der Waals surface area contributed by atoms with Crippen molar-refractivity contribution < 1.29 is 14.6 Å². The minimum atomic E-state index is -0.303. The summed E-state index contributed by atoms with van der Waals surface area (Å²) in [6.45, 7) is 4.11. The number of hydrogen-bond acceptors (Lipinski definition) is 4. The SMILES string of the molecule is CCC(C)C(NC1CCc2c(O)cccc21)C(=O)OC. The lowest BCUT2D eigenvalue weighted by Gasteiger charge is -2.26. The highest BCUT2D eigenvalue weighted by molar-refractivity contribution is 5.76. The lowest BCUT2D eigenvalue weighted by atomic mass is 9.97. The van der Waals surface area contributed by atoms with Crippen LogP contribution < -0.4 is 5.32 Å². The van der Waals surface area contributed by atoms with Crippen molar-refractivity contribution in [2.75, 3.05) is 7.11 Å². The number of aromatic hydroxyl groups is 1. The fourth-order valence-electron chi connectivity index (χ4n) is 2.85. The number of carbonyl (C=O) groups excluding carboxylic acids is 1. The second-order valence-electron chi connectivity index (χ2n) is 5.49. The topological polar surface area (TPSA) is 58.6 Å². The van der Waals surface area contributed by atoms with E-state index in [0.29, 0.717) is 5.75 Å². The van der Waals surface area contributed by atoms with Crippen LogP contribution in [0.5, 0.6) is 5.75 Å². The summed E-state index contributed by atoms with van der Waals surface area (Å²) in [5.41, 5.74) is 2.10. The van der Waals surface area contributed by atoms with E-state index in [1.54, 1.807) is 6.07 Å². The van der Waals surface area contributed by atoms with Crippen molar-refractivity contribution in [2.24, 2.45) is 5.92 Å². The zero-order valence-electron chi connectivity index (χ0n) is 12.3. The average Bonchev–Trinajstić information content (AvgIpc) is 2.87. The standard InChI is InChI=1S/C16H23NO3/c1-4-10(2)15(16(19)20-3)17-13-9-8-12-11(13)6-5-7-14(12)18/h5-7,10,13,15,17-18H,4,8-9H2,1-3H3. The molecule has 1 aliphatic rings. The Hall–Kier alpha value is -1.55. The third kappa shape index (κ3) is 2.80. The number of fused-ring (bicyclic) bond motifs is 1. The lowest BCUT2D eigenvalue weighted by Crippen LogP contribution is -2.43. The molecule has 0 spiro atoms. The van der Waals surface area contributed by atoms with Crippen molar-refractivity contribution in [1.29, 1.82) is 0 Å². The van der Waals surface area contributed by atoms with E-state index >= 15 is 0 Å². The molecule has 0 aromatic heterocycles. The smallest absolute Gasteiger partial charge is 0.323 e. The first-order valence-electron chi connectivity index (χ1n) is 7.23. The Kier molecular flexibility index (Phi) is 4.65. The van der Waals surface area contributed by atoms with Crippen LogP contribution in [0, 0.1) is 5.92 Å². The zero-order chi connectivity index (χ0) is 14.7. The molecular formula is C16H23NO3. The van der Waals surface area contributed by atoms with Crippen molar-refractivity contribution in [2.45, 2.75) is 45.2 Å². The second kappa shape index (κ2) is 6.27. The van der Waals surface area contributed by atoms with Gasteiger partial charge in [-0.25, -0.2) is 0 Å². The molecule has 0 radical (unpaired) electrons. The molecule has 1 aliphatic carbocycles. The van der Waals surface area contributed by atoms with E-state index < -0.39 is 0 Å². The van der Waals surface area contributed by atoms with Crippen LogP contribution in [0.4, 0.5) is 0 Å². The van der Waals surface area contributed by atoms with E-state index in [9.17, 15) is 9.90 Å². The minimum absolute atomic E-state index is 0.107. The van der Waals surface area contributed by atoms with Crippen molar-refractivity contribution >= 4 is 5.97 Å². The fraction of sp³-hybridized carbons (Fsp3) is 0.562. The van der Waals surface area contributed by atoms with Crippen molar-refractivity contribution in [3.8, 4) is 5.75 Å². The highest BCUT2D eigenvalue weighted by Gasteiger charge is 2.31. The van der Waals surface area contributed by atoms with Crippen LogP contribution in [0.15, 0.2) is 18.2 Å². The number of rotatable bonds is 5. The van der Waals surface area contributed by atoms with E-state index in [0.717, 1.165) is 30.4 Å². The summed E-state index contributed by atoms with van der Waals surface area (Å²) in [6.07, 6.45) is 2.65. The van der Waals surface area contributed by atoms with Crippen LogP contribution in [0.3, 0.4) is 0 Å². The second-order valence-corrected chi connectivity index (χ2v) is 5.49. The highest BCUT2D eigenvalue weighted by atomic mass is 16.5. The Morgan fingerprint density at radius 1 is 1.55 bits per heavy atom. The zero-order valence-corrected chi connectivity index (χ0v) is 12.3. The molecule has 1 aromatic carbocycles. The van der Waals surface area contributed by atoms with Crippen molar-refractivity contribution in [3.63, 3.8) is 0 Å². The normalized spacial score (nSPS) is 20.2. The van der Waals surface area contributed by atoms with Gasteiger partial charge in [0.25, 0.3) is 0 Å². The van der Waals surface area contributed by atoms with Gasteiger partial charge in [0.1, 0.15) is 11.8 Å². The third-order valence-electron chi connectivity index (χ3n) is 4.29. The van der Waals surface area contributed by atoms with Gasteiger partial charge in [-0.2, -0.15) is 0 Å². The molecule has 0 saturated heterocycles. The first kappa shape index (κ1) is 14.9. The Bertz CT molecular complexity index is 487. The molecule has 0 amide bonds. The summed E-state index contributed by atoms with van der Waals surface area (Å²) in [5.74, 6) is 0.349. The van der Waals surface area contributed by atoms with Crippen LogP contribution in [-0.2, 0) is 16.0 Å². The number of carbonyl (C=O) groups is 1. The third-order valence-corrected chi connectivity index (χ3v) is 4.29. The van der Waals surface area contributed by atoms with Crippen LogP contribution >= 0.6 is 0 Å². The number of phenols is 1. The van der Waals surface area contributed by atoms with Gasteiger partial charge in [-0.1, -0.05) is 32.4 Å². The molecule has 4 heteroatoms. The predicted molar refractivity (Wildman–Crippen MR) is 77.6 cm³/mol. The molecule has 110 valence electrons. The van der Waals surface area contributed by atoms with Crippen molar-refractivity contribution in [3.05, 3.63) is 29.3 Å². The number of phenolic OH excluding ortho intramolecular Hbond substituents is 1. The largest absolute Gasteiger partial charge is 0.508 e. The Labute approximate surface area is 120 Å². The Morgan fingerprint density at radius 3 is 2.95 bits per heavy atom. The van der Waals surface area contributed by atoms with Gasteiger partial charge < -0.3 is 9.84 Å². The van der Waals surface area contributed by atoms with Crippen molar-refractivity contribution in [1.82, 2.24) is 5.32 Å². The summed E-state index contributed by atoms with van der Waals surface area (Å²) in [6, 6.07) is 5.39. The maximum atomic E-state index is 11.9. The highest BCUT2D eigenvalue weighted by Crippen LogP contribution is 2.36. The maximum absolute atomic E-state index is 11.9. The van der Waals surface area contributed by atoms with Crippen LogP contribution in [0.1, 0.15) is 43.9 Å². The predicted octanol–water partition coefficient (Wildman–Crippen LogP) is 2.56. The van der Waals surface area contributed by atoms with Gasteiger partial charge in [0, 0.05) is 6.04 Å². The number of methoxy groups -OCH3 is 1. The number of esters is 1. The molecule has 2 rings (SSSR count). The molecule has 3 atom stereocenters. The molecule has 0 heterocycles. The maximum Gasteiger partial charge on any atom is 0.323 e. The van der Waals surface area contributed by atoms with E-state index in [1.807, 2.05) is 19.1 Å². The van der Waals surface area contributed by atoms with Gasteiger partial charge in [0.2, 0.25) is 0 Å². The molecule has 1 aromatic rings. The molecule has 20 heavy (non-hydrogen) atoms. The summed E-state index contributed by atoms with van der Waals surface area (Å²) < 4.78 is 4.91. The number of ether oxygens (including phenoxy) is 1. The summed E-state index contributed by atoms with van der Waals surface area (Å²) in [4.78, 5) is 11.9. The van der Waals surface area contributed by atoms with Crippen LogP contribution in [0.25, 0.3) is 0 Å². The molecule has 4 nitrogen and oxygen atoms in total. The Balaban J connectivity index is 2.18. The van der Waals surface area contributed by atoms with Crippen LogP contribution in [0.2, 0.25) is 0 Å². The van der Waals surface area contributed by atoms with Crippen LogP contribution in [-0.4, -0.2) is 24.2 Å². The minimum Gasteiger partial charge on any atom is -0.508 e. The Morgan fingerprint density at radius 2 is 2.30 bits per heavy atom. The average molecular weight is 277 g/mol. The van der Waals surface area contributed by atoms with E-state index in [1.165, 1.54) is 7.11 Å². The van der Waals surface area contributed by atoms with Gasteiger partial charge in [0.15, 0.2) is 0 Å². The first-order chi connectivity index (χ1) is 9.58. The monoisotopic (exact) mass is 277 g/mol. The van der Waals surface area contributed by atoms with Gasteiger partial charge in [-0.15, -0.1) is 0 Å². The summed E-state index contributed by atoms with van der Waals surface area (Å²) >= 11 is 0. The van der Waals surface area contributed by atoms with Gasteiger partial charge in [0.05, 0.1) is 7.11 Å². The lowest BCUT2D eigenvalue weighted by molar-refractivity contribution is -0.144. The molecule has 3 unspecified atom stereocenters. The first-order valence-corrected chi connectivity index (χ1v) is 7.23. The van der Waals surface area contributed by atoms with E-state index in [-0.39, 0.29) is 24.0 Å². The molecule has 2 N–H and O–H groups in total. The number of nitrogens with one attached hydrogen (secondary N) is 1.